The first kappa shape index (κ1) is 25.0. The molecular formula is C28H30N2O3P2. The fraction of sp³-hybridized carbons (Fsp3) is 0.143. The van der Waals surface area contributed by atoms with Crippen molar-refractivity contribution >= 4 is 26.4 Å². The van der Waals surface area contributed by atoms with E-state index in [2.05, 4.69) is 10.2 Å². The fourth-order valence-electron chi connectivity index (χ4n) is 3.80. The Morgan fingerprint density at radius 3 is 1.11 bits per heavy atom. The lowest BCUT2D eigenvalue weighted by molar-refractivity contribution is 0.450. The van der Waals surface area contributed by atoms with Crippen LogP contribution in [-0.2, 0) is 13.4 Å². The van der Waals surface area contributed by atoms with E-state index >= 15 is 0 Å². The minimum absolute atomic E-state index is 0.558. The highest BCUT2D eigenvalue weighted by Gasteiger charge is 2.44. The van der Waals surface area contributed by atoms with Crippen LogP contribution in [0.5, 0.6) is 0 Å². The zero-order chi connectivity index (χ0) is 24.7. The van der Waals surface area contributed by atoms with E-state index in [1.54, 1.807) is 0 Å². The number of benzene rings is 4. The van der Waals surface area contributed by atoms with Gasteiger partial charge in [-0.05, 0) is 49.2 Å². The molecule has 0 spiro atoms. The lowest BCUT2D eigenvalue weighted by Gasteiger charge is -2.33. The molecule has 5 nitrogen and oxygen atoms in total. The molecule has 35 heavy (non-hydrogen) atoms. The molecule has 4 aromatic rings. The lowest BCUT2D eigenvalue weighted by atomic mass is 10.2. The summed E-state index contributed by atoms with van der Waals surface area (Å²) in [6, 6.07) is 37.5. The van der Waals surface area contributed by atoms with Crippen molar-refractivity contribution in [3.05, 3.63) is 132 Å². The van der Waals surface area contributed by atoms with Gasteiger partial charge in [-0.25, -0.2) is 4.31 Å². The number of hydrogen-bond acceptors (Lipinski definition) is 3. The number of anilines is 2. The number of nitrogens with one attached hydrogen (secondary N) is 2. The Labute approximate surface area is 207 Å². The molecule has 0 amide bonds. The average Bonchev–Trinajstić information content (AvgIpc) is 2.90. The maximum atomic E-state index is 14.7. The summed E-state index contributed by atoms with van der Waals surface area (Å²) in [5.74, 6) is 0. The molecule has 4 unspecified atom stereocenters. The quantitative estimate of drug-likeness (QED) is 0.211. The molecule has 2 N–H and O–H groups in total. The Kier molecular flexibility index (Phi) is 7.93. The first-order valence-corrected chi connectivity index (χ1v) is 15.0. The summed E-state index contributed by atoms with van der Waals surface area (Å²) in [6.45, 7) is 3.68. The minimum atomic E-state index is -3.76. The summed E-state index contributed by atoms with van der Waals surface area (Å²) >= 11 is 0. The Bertz CT molecular complexity index is 1200. The molecule has 0 aliphatic carbocycles. The van der Waals surface area contributed by atoms with E-state index in [-0.39, 0.29) is 0 Å². The van der Waals surface area contributed by atoms with Crippen molar-refractivity contribution in [3.8, 4) is 0 Å². The summed E-state index contributed by atoms with van der Waals surface area (Å²) in [5, 5.41) is 6.25. The Morgan fingerprint density at radius 1 is 0.514 bits per heavy atom. The van der Waals surface area contributed by atoms with Gasteiger partial charge in [-0.1, -0.05) is 97.1 Å². The molecule has 4 aromatic carbocycles. The SMILES string of the molecule is CC(c1ccccc1)P(=O)(Nc1ccccc1)OP(=O)(Nc1ccccc1)C(C)c1ccccc1. The van der Waals surface area contributed by atoms with Crippen molar-refractivity contribution < 1.29 is 13.4 Å². The zero-order valence-corrected chi connectivity index (χ0v) is 21.6. The van der Waals surface area contributed by atoms with Gasteiger partial charge in [0.05, 0.1) is 11.3 Å². The molecule has 7 heteroatoms. The zero-order valence-electron chi connectivity index (χ0n) is 19.8. The van der Waals surface area contributed by atoms with Crippen molar-refractivity contribution in [2.45, 2.75) is 25.2 Å². The third-order valence-electron chi connectivity index (χ3n) is 5.94. The first-order chi connectivity index (χ1) is 16.9. The van der Waals surface area contributed by atoms with Crippen LogP contribution in [0.25, 0.3) is 0 Å². The average molecular weight is 505 g/mol. The topological polar surface area (TPSA) is 67.4 Å². The van der Waals surface area contributed by atoms with Crippen LogP contribution in [0.2, 0.25) is 0 Å². The number of rotatable bonds is 10. The van der Waals surface area contributed by atoms with E-state index in [0.29, 0.717) is 11.4 Å². The van der Waals surface area contributed by atoms with Crippen molar-refractivity contribution in [2.75, 3.05) is 10.2 Å². The Balaban J connectivity index is 1.78. The van der Waals surface area contributed by atoms with Crippen LogP contribution in [0.15, 0.2) is 121 Å². The summed E-state index contributed by atoms with van der Waals surface area (Å²) < 4.78 is 35.7. The van der Waals surface area contributed by atoms with Gasteiger partial charge in [0.15, 0.2) is 0 Å². The second-order valence-corrected chi connectivity index (χ2v) is 13.4. The van der Waals surface area contributed by atoms with Gasteiger partial charge >= 0.3 is 15.0 Å². The van der Waals surface area contributed by atoms with E-state index in [4.69, 9.17) is 4.31 Å². The fourth-order valence-corrected chi connectivity index (χ4v) is 9.23. The van der Waals surface area contributed by atoms with E-state index in [1.165, 1.54) is 0 Å². The van der Waals surface area contributed by atoms with Gasteiger partial charge in [-0.3, -0.25) is 9.13 Å². The van der Waals surface area contributed by atoms with Crippen molar-refractivity contribution in [3.63, 3.8) is 0 Å². The summed E-state index contributed by atoms with van der Waals surface area (Å²) in [4.78, 5) is 0. The molecule has 0 heterocycles. The molecule has 0 aliphatic heterocycles. The van der Waals surface area contributed by atoms with Crippen LogP contribution < -0.4 is 10.2 Å². The van der Waals surface area contributed by atoms with Gasteiger partial charge in [-0.2, -0.15) is 0 Å². The second kappa shape index (κ2) is 11.1. The molecule has 0 aliphatic rings. The molecule has 0 saturated carbocycles. The van der Waals surface area contributed by atoms with Gasteiger partial charge in [-0.15, -0.1) is 0 Å². The van der Waals surface area contributed by atoms with Crippen LogP contribution in [0, 0.1) is 0 Å². The first-order valence-electron chi connectivity index (χ1n) is 11.6. The number of para-hydroxylation sites is 2. The predicted octanol–water partition coefficient (Wildman–Crippen LogP) is 9.14. The standard InChI is InChI=1S/C28H30N2O3P2/c1-23(25-15-7-3-8-16-25)34(31,29-27-19-11-5-12-20-27)33-35(32,30-28-21-13-6-14-22-28)24(2)26-17-9-4-10-18-26/h3-24H,1-2H3,(H,29,31)(H,30,32). The van der Waals surface area contributed by atoms with E-state index < -0.39 is 26.4 Å². The smallest absolute Gasteiger partial charge is 0.307 e. The van der Waals surface area contributed by atoms with E-state index in [1.807, 2.05) is 135 Å². The van der Waals surface area contributed by atoms with Gasteiger partial charge in [0.2, 0.25) is 0 Å². The highest BCUT2D eigenvalue weighted by Crippen LogP contribution is 2.73. The second-order valence-electron chi connectivity index (χ2n) is 8.40. The molecule has 0 bridgehead atoms. The summed E-state index contributed by atoms with van der Waals surface area (Å²) in [7, 11) is -7.53. The molecule has 0 aromatic heterocycles. The van der Waals surface area contributed by atoms with Crippen molar-refractivity contribution in [2.24, 2.45) is 0 Å². The van der Waals surface area contributed by atoms with Crippen LogP contribution in [0.4, 0.5) is 11.4 Å². The summed E-state index contributed by atoms with van der Waals surface area (Å²) in [5.41, 5.74) is 1.82. The molecule has 180 valence electrons. The minimum Gasteiger partial charge on any atom is -0.315 e. The van der Waals surface area contributed by atoms with Crippen LogP contribution in [0.1, 0.15) is 36.3 Å². The Morgan fingerprint density at radius 2 is 0.800 bits per heavy atom. The maximum Gasteiger partial charge on any atom is 0.307 e. The largest absolute Gasteiger partial charge is 0.315 e. The van der Waals surface area contributed by atoms with Crippen LogP contribution in [0.3, 0.4) is 0 Å². The predicted molar refractivity (Wildman–Crippen MR) is 146 cm³/mol. The highest BCUT2D eigenvalue weighted by molar-refractivity contribution is 7.73. The maximum absolute atomic E-state index is 14.7. The Hall–Kier alpha value is -3.10. The third kappa shape index (κ3) is 6.13. The normalized spacial score (nSPS) is 16.3. The molecule has 0 radical (unpaired) electrons. The molecular weight excluding hydrogens is 474 g/mol. The molecule has 0 saturated heterocycles. The summed E-state index contributed by atoms with van der Waals surface area (Å²) in [6.07, 6.45) is 0. The van der Waals surface area contributed by atoms with Crippen molar-refractivity contribution in [1.29, 1.82) is 0 Å². The van der Waals surface area contributed by atoms with Gasteiger partial charge < -0.3 is 10.2 Å². The van der Waals surface area contributed by atoms with E-state index in [9.17, 15) is 9.13 Å². The van der Waals surface area contributed by atoms with Crippen LogP contribution >= 0.6 is 15.0 Å². The molecule has 0 fully saturated rings. The molecule has 4 atom stereocenters. The van der Waals surface area contributed by atoms with Crippen molar-refractivity contribution in [1.82, 2.24) is 0 Å². The van der Waals surface area contributed by atoms with Gasteiger partial charge in [0.25, 0.3) is 0 Å². The van der Waals surface area contributed by atoms with Gasteiger partial charge in [0.1, 0.15) is 0 Å². The number of hydrogen-bond donors (Lipinski definition) is 2. The molecule has 4 rings (SSSR count). The van der Waals surface area contributed by atoms with Gasteiger partial charge in [0, 0.05) is 11.4 Å². The lowest BCUT2D eigenvalue weighted by Crippen LogP contribution is -2.13. The third-order valence-corrected chi connectivity index (χ3v) is 11.7. The van der Waals surface area contributed by atoms with Crippen LogP contribution in [-0.4, -0.2) is 0 Å². The highest BCUT2D eigenvalue weighted by atomic mass is 31.2. The van der Waals surface area contributed by atoms with E-state index in [0.717, 1.165) is 11.1 Å². The monoisotopic (exact) mass is 504 g/mol.